The van der Waals surface area contributed by atoms with Crippen LogP contribution in [0, 0.1) is 17.2 Å². The highest BCUT2D eigenvalue weighted by Gasteiger charge is 2.29. The van der Waals surface area contributed by atoms with Crippen molar-refractivity contribution in [2.45, 2.75) is 18.9 Å². The first-order valence-corrected chi connectivity index (χ1v) is 8.62. The number of nitriles is 1. The number of likely N-dealkylation sites (tertiary alicyclic amines) is 1. The van der Waals surface area contributed by atoms with Crippen LogP contribution in [0.3, 0.4) is 0 Å². The van der Waals surface area contributed by atoms with Gasteiger partial charge in [0.15, 0.2) is 0 Å². The molecule has 0 aromatic carbocycles. The van der Waals surface area contributed by atoms with E-state index in [2.05, 4.69) is 32.9 Å². The molecule has 2 aromatic heterocycles. The number of aromatic amines is 1. The Morgan fingerprint density at radius 2 is 2.42 bits per heavy atom. The average molecular weight is 354 g/mol. The van der Waals surface area contributed by atoms with E-state index in [-0.39, 0.29) is 17.9 Å². The third kappa shape index (κ3) is 4.18. The average Bonchev–Trinajstić information content (AvgIpc) is 3.14. The van der Waals surface area contributed by atoms with E-state index >= 15 is 0 Å². The molecule has 1 aliphatic rings. The van der Waals surface area contributed by atoms with Gasteiger partial charge in [-0.25, -0.2) is 9.97 Å². The van der Waals surface area contributed by atoms with E-state index in [0.29, 0.717) is 32.7 Å². The normalized spacial score (nSPS) is 19.9. The second kappa shape index (κ2) is 8.45. The molecule has 0 bridgehead atoms. The van der Waals surface area contributed by atoms with Gasteiger partial charge in [-0.2, -0.15) is 5.26 Å². The Balaban J connectivity index is 1.70. The topological polar surface area (TPSA) is 107 Å². The van der Waals surface area contributed by atoms with Gasteiger partial charge in [-0.15, -0.1) is 0 Å². The lowest BCUT2D eigenvalue weighted by atomic mass is 9.94. The van der Waals surface area contributed by atoms with E-state index in [1.54, 1.807) is 4.90 Å². The SMILES string of the molecule is C=CC(=O)N1CC(COCCC#N)CC(Nc2ncnc3[nH]ccc23)C1. The number of fused-ring (bicyclic) bond motifs is 1. The van der Waals surface area contributed by atoms with Crippen LogP contribution < -0.4 is 5.32 Å². The highest BCUT2D eigenvalue weighted by Crippen LogP contribution is 2.24. The Morgan fingerprint density at radius 3 is 3.23 bits per heavy atom. The summed E-state index contributed by atoms with van der Waals surface area (Å²) in [7, 11) is 0. The zero-order chi connectivity index (χ0) is 18.4. The van der Waals surface area contributed by atoms with Crippen molar-refractivity contribution >= 4 is 22.8 Å². The number of carbonyl (C=O) groups excluding carboxylic acids is 1. The molecule has 136 valence electrons. The Morgan fingerprint density at radius 1 is 1.54 bits per heavy atom. The van der Waals surface area contributed by atoms with Crippen LogP contribution >= 0.6 is 0 Å². The van der Waals surface area contributed by atoms with Gasteiger partial charge < -0.3 is 19.9 Å². The molecular formula is C18H22N6O2. The van der Waals surface area contributed by atoms with Crippen molar-refractivity contribution in [2.75, 3.05) is 31.6 Å². The van der Waals surface area contributed by atoms with Crippen molar-refractivity contribution in [2.24, 2.45) is 5.92 Å². The van der Waals surface area contributed by atoms with E-state index < -0.39 is 0 Å². The van der Waals surface area contributed by atoms with Crippen LogP contribution in [0.1, 0.15) is 12.8 Å². The molecule has 26 heavy (non-hydrogen) atoms. The molecule has 8 nitrogen and oxygen atoms in total. The minimum Gasteiger partial charge on any atom is -0.380 e. The van der Waals surface area contributed by atoms with E-state index in [9.17, 15) is 4.79 Å². The molecule has 1 aliphatic heterocycles. The third-order valence-corrected chi connectivity index (χ3v) is 4.43. The number of amides is 1. The summed E-state index contributed by atoms with van der Waals surface area (Å²) in [6.45, 7) is 5.72. The predicted molar refractivity (Wildman–Crippen MR) is 97.2 cm³/mol. The summed E-state index contributed by atoms with van der Waals surface area (Å²) in [5.74, 6) is 0.846. The molecule has 0 aliphatic carbocycles. The summed E-state index contributed by atoms with van der Waals surface area (Å²) in [6, 6.07) is 4.04. The van der Waals surface area contributed by atoms with Gasteiger partial charge in [-0.3, -0.25) is 4.79 Å². The number of anilines is 1. The van der Waals surface area contributed by atoms with Crippen molar-refractivity contribution in [3.8, 4) is 6.07 Å². The number of rotatable bonds is 7. The maximum absolute atomic E-state index is 12.1. The summed E-state index contributed by atoms with van der Waals surface area (Å²) in [5, 5.41) is 13.0. The molecule has 2 atom stereocenters. The Bertz CT molecular complexity index is 811. The van der Waals surface area contributed by atoms with E-state index in [1.807, 2.05) is 12.3 Å². The number of nitrogens with zero attached hydrogens (tertiary/aromatic N) is 4. The standard InChI is InChI=1S/C18H22N6O2/c1-2-16(25)24-9-13(11-26-7-3-5-19)8-14(10-24)23-18-15-4-6-20-17(15)21-12-22-18/h2,4,6,12-14H,1,3,7-11H2,(H2,20,21,22,23). The number of nitrogens with one attached hydrogen (secondary N) is 2. The number of hydrogen-bond acceptors (Lipinski definition) is 6. The molecule has 0 radical (unpaired) electrons. The van der Waals surface area contributed by atoms with Crippen LogP contribution in [-0.2, 0) is 9.53 Å². The minimum atomic E-state index is -0.0898. The first-order chi connectivity index (χ1) is 12.7. The number of hydrogen-bond donors (Lipinski definition) is 2. The van der Waals surface area contributed by atoms with Crippen LogP contribution in [0.15, 0.2) is 31.2 Å². The van der Waals surface area contributed by atoms with Gasteiger partial charge in [-0.1, -0.05) is 6.58 Å². The summed E-state index contributed by atoms with van der Waals surface area (Å²) in [5.41, 5.74) is 0.772. The summed E-state index contributed by atoms with van der Waals surface area (Å²) < 4.78 is 5.59. The zero-order valence-corrected chi connectivity index (χ0v) is 14.5. The molecule has 1 saturated heterocycles. The fraction of sp³-hybridized carbons (Fsp3) is 0.444. The third-order valence-electron chi connectivity index (χ3n) is 4.43. The fourth-order valence-corrected chi connectivity index (χ4v) is 3.29. The second-order valence-corrected chi connectivity index (χ2v) is 6.34. The number of carbonyl (C=O) groups is 1. The molecule has 1 amide bonds. The van der Waals surface area contributed by atoms with E-state index in [4.69, 9.17) is 10.00 Å². The summed E-state index contributed by atoms with van der Waals surface area (Å²) in [4.78, 5) is 25.5. The van der Waals surface area contributed by atoms with E-state index in [0.717, 1.165) is 23.3 Å². The maximum atomic E-state index is 12.1. The molecule has 3 rings (SSSR count). The first kappa shape index (κ1) is 17.9. The Labute approximate surface area is 151 Å². The molecule has 2 unspecified atom stereocenters. The number of ether oxygens (including phenoxy) is 1. The van der Waals surface area contributed by atoms with Gasteiger partial charge in [0.2, 0.25) is 5.91 Å². The monoisotopic (exact) mass is 354 g/mol. The molecular weight excluding hydrogens is 332 g/mol. The van der Waals surface area contributed by atoms with Gasteiger partial charge >= 0.3 is 0 Å². The molecule has 8 heteroatoms. The second-order valence-electron chi connectivity index (χ2n) is 6.34. The lowest BCUT2D eigenvalue weighted by Crippen LogP contribution is -2.49. The highest BCUT2D eigenvalue weighted by atomic mass is 16.5. The number of piperidine rings is 1. The zero-order valence-electron chi connectivity index (χ0n) is 14.5. The van der Waals surface area contributed by atoms with Crippen molar-refractivity contribution in [1.82, 2.24) is 19.9 Å². The molecule has 0 spiro atoms. The van der Waals surface area contributed by atoms with E-state index in [1.165, 1.54) is 12.4 Å². The fourth-order valence-electron chi connectivity index (χ4n) is 3.29. The van der Waals surface area contributed by atoms with Crippen molar-refractivity contribution in [1.29, 1.82) is 5.26 Å². The summed E-state index contributed by atoms with van der Waals surface area (Å²) >= 11 is 0. The number of aromatic nitrogens is 3. The van der Waals surface area contributed by atoms with Crippen molar-refractivity contribution in [3.63, 3.8) is 0 Å². The molecule has 3 heterocycles. The quantitative estimate of drug-likeness (QED) is 0.579. The maximum Gasteiger partial charge on any atom is 0.246 e. The molecule has 1 fully saturated rings. The van der Waals surface area contributed by atoms with Gasteiger partial charge in [0.1, 0.15) is 17.8 Å². The van der Waals surface area contributed by atoms with Crippen molar-refractivity contribution < 1.29 is 9.53 Å². The Kier molecular flexibility index (Phi) is 5.81. The van der Waals surface area contributed by atoms with Gasteiger partial charge in [-0.05, 0) is 18.6 Å². The van der Waals surface area contributed by atoms with Crippen LogP contribution in [0.5, 0.6) is 0 Å². The van der Waals surface area contributed by atoms with Crippen molar-refractivity contribution in [3.05, 3.63) is 31.2 Å². The Hall–Kier alpha value is -2.92. The smallest absolute Gasteiger partial charge is 0.246 e. The number of H-pyrrole nitrogens is 1. The van der Waals surface area contributed by atoms with Crippen LogP contribution in [0.25, 0.3) is 11.0 Å². The van der Waals surface area contributed by atoms with Gasteiger partial charge in [0.05, 0.1) is 31.1 Å². The summed E-state index contributed by atoms with van der Waals surface area (Å²) in [6.07, 6.45) is 5.90. The lowest BCUT2D eigenvalue weighted by Gasteiger charge is -2.37. The molecule has 2 N–H and O–H groups in total. The van der Waals surface area contributed by atoms with Crippen LogP contribution in [-0.4, -0.2) is 58.1 Å². The van der Waals surface area contributed by atoms with Crippen LogP contribution in [0.4, 0.5) is 5.82 Å². The molecule has 0 saturated carbocycles. The van der Waals surface area contributed by atoms with Gasteiger partial charge in [0, 0.05) is 31.2 Å². The first-order valence-electron chi connectivity index (χ1n) is 8.62. The van der Waals surface area contributed by atoms with Crippen LogP contribution in [0.2, 0.25) is 0 Å². The largest absolute Gasteiger partial charge is 0.380 e. The highest BCUT2D eigenvalue weighted by molar-refractivity contribution is 5.88. The van der Waals surface area contributed by atoms with Gasteiger partial charge in [0.25, 0.3) is 0 Å². The predicted octanol–water partition coefficient (Wildman–Crippen LogP) is 1.70. The minimum absolute atomic E-state index is 0.0465. The molecule has 2 aromatic rings. The lowest BCUT2D eigenvalue weighted by molar-refractivity contribution is -0.128.